The van der Waals surface area contributed by atoms with Gasteiger partial charge in [0.25, 0.3) is 0 Å². The van der Waals surface area contributed by atoms with E-state index in [4.69, 9.17) is 42.6 Å². The largest absolute Gasteiger partial charge is 0.459 e. The van der Waals surface area contributed by atoms with Crippen molar-refractivity contribution in [3.63, 3.8) is 0 Å². The molecular formula is C56H59NO12. The lowest BCUT2D eigenvalue weighted by Gasteiger charge is -2.47. The molecule has 69 heavy (non-hydrogen) atoms. The Hall–Kier alpha value is -6.10. The molecule has 0 aliphatic carbocycles. The van der Waals surface area contributed by atoms with Crippen molar-refractivity contribution in [3.05, 3.63) is 215 Å². The Morgan fingerprint density at radius 1 is 0.449 bits per heavy atom. The van der Waals surface area contributed by atoms with E-state index in [0.29, 0.717) is 5.56 Å². The Kier molecular flexibility index (Phi) is 18.2. The van der Waals surface area contributed by atoms with Crippen molar-refractivity contribution in [2.24, 2.45) is 0 Å². The zero-order chi connectivity index (χ0) is 47.6. The second-order valence-corrected chi connectivity index (χ2v) is 16.9. The lowest BCUT2D eigenvalue weighted by Crippen LogP contribution is -2.67. The fourth-order valence-corrected chi connectivity index (χ4v) is 8.40. The average molecular weight is 938 g/mol. The predicted molar refractivity (Wildman–Crippen MR) is 255 cm³/mol. The van der Waals surface area contributed by atoms with Gasteiger partial charge in [-0.25, -0.2) is 4.79 Å². The van der Waals surface area contributed by atoms with Crippen molar-refractivity contribution in [1.29, 1.82) is 0 Å². The lowest BCUT2D eigenvalue weighted by atomic mass is 9.95. The quantitative estimate of drug-likeness (QED) is 0.0642. The highest BCUT2D eigenvalue weighted by atomic mass is 16.7. The summed E-state index contributed by atoms with van der Waals surface area (Å²) in [7, 11) is 0. The second kappa shape index (κ2) is 25.5. The number of amides is 1. The number of aliphatic hydroxyl groups is 1. The van der Waals surface area contributed by atoms with Crippen molar-refractivity contribution < 1.29 is 57.3 Å². The molecule has 0 bridgehead atoms. The highest BCUT2D eigenvalue weighted by molar-refractivity contribution is 5.89. The molecule has 13 nitrogen and oxygen atoms in total. The summed E-state index contributed by atoms with van der Waals surface area (Å²) < 4.78 is 59.1. The summed E-state index contributed by atoms with van der Waals surface area (Å²) >= 11 is 0. The van der Waals surface area contributed by atoms with Crippen LogP contribution in [0.25, 0.3) is 0 Å². The van der Waals surface area contributed by atoms with Crippen LogP contribution in [-0.2, 0) is 80.5 Å². The van der Waals surface area contributed by atoms with Crippen molar-refractivity contribution in [1.82, 2.24) is 5.32 Å². The van der Waals surface area contributed by atoms with Crippen LogP contribution in [0.1, 0.15) is 45.1 Å². The Bertz CT molecular complexity index is 2420. The summed E-state index contributed by atoms with van der Waals surface area (Å²) in [6, 6.07) is 56.0. The molecule has 10 atom stereocenters. The zero-order valence-electron chi connectivity index (χ0n) is 38.5. The molecule has 2 aliphatic rings. The number of hydrogen-bond acceptors (Lipinski definition) is 12. The van der Waals surface area contributed by atoms with E-state index in [9.17, 15) is 14.7 Å². The number of benzene rings is 6. The summed E-state index contributed by atoms with van der Waals surface area (Å²) in [5, 5.41) is 14.9. The summed E-state index contributed by atoms with van der Waals surface area (Å²) in [6.45, 7) is 1.78. The summed E-state index contributed by atoms with van der Waals surface area (Å²) in [6.07, 6.45) is -9.12. The third-order valence-corrected chi connectivity index (χ3v) is 11.9. The SMILES string of the molecule is CC(=O)NC1C(OCC2OC(O)C(OCc3ccccc3)C(OCc3ccccc3)C2OCc2ccccc2)OC(COC(=O)c2ccccc2)C(OCc2ccccc2)C1OCc1ccccc1. The molecule has 2 saturated heterocycles. The van der Waals surface area contributed by atoms with Gasteiger partial charge in [-0.1, -0.05) is 170 Å². The molecule has 0 saturated carbocycles. The topological polar surface area (TPSA) is 149 Å². The fourth-order valence-electron chi connectivity index (χ4n) is 8.40. The molecule has 2 N–H and O–H groups in total. The average Bonchev–Trinajstić information content (AvgIpc) is 3.39. The first-order chi connectivity index (χ1) is 33.9. The van der Waals surface area contributed by atoms with Crippen LogP contribution < -0.4 is 5.32 Å². The van der Waals surface area contributed by atoms with Crippen LogP contribution in [0.4, 0.5) is 0 Å². The van der Waals surface area contributed by atoms with Crippen molar-refractivity contribution >= 4 is 11.9 Å². The fraction of sp³-hybridized carbons (Fsp3) is 0.321. The first-order valence-electron chi connectivity index (χ1n) is 23.3. The van der Waals surface area contributed by atoms with E-state index in [-0.39, 0.29) is 52.2 Å². The number of aliphatic hydroxyl groups excluding tert-OH is 1. The van der Waals surface area contributed by atoms with Crippen LogP contribution in [0.2, 0.25) is 0 Å². The summed E-state index contributed by atoms with van der Waals surface area (Å²) in [4.78, 5) is 26.6. The van der Waals surface area contributed by atoms with Crippen LogP contribution in [0.3, 0.4) is 0 Å². The Morgan fingerprint density at radius 3 is 1.25 bits per heavy atom. The third kappa shape index (κ3) is 14.2. The van der Waals surface area contributed by atoms with E-state index in [2.05, 4.69) is 5.32 Å². The molecule has 10 unspecified atom stereocenters. The third-order valence-electron chi connectivity index (χ3n) is 11.9. The number of nitrogens with one attached hydrogen (secondary N) is 1. The molecule has 2 heterocycles. The predicted octanol–water partition coefficient (Wildman–Crippen LogP) is 7.73. The van der Waals surface area contributed by atoms with Gasteiger partial charge in [-0.15, -0.1) is 0 Å². The maximum Gasteiger partial charge on any atom is 0.338 e. The van der Waals surface area contributed by atoms with Gasteiger partial charge in [0.2, 0.25) is 5.91 Å². The van der Waals surface area contributed by atoms with Crippen molar-refractivity contribution in [3.8, 4) is 0 Å². The Labute approximate surface area is 403 Å². The highest BCUT2D eigenvalue weighted by Gasteiger charge is 2.52. The number of hydrogen-bond donors (Lipinski definition) is 2. The minimum atomic E-state index is -1.47. The second-order valence-electron chi connectivity index (χ2n) is 16.9. The summed E-state index contributed by atoms with van der Waals surface area (Å²) in [5.41, 5.74) is 4.84. The number of carbonyl (C=O) groups is 2. The van der Waals surface area contributed by atoms with Crippen molar-refractivity contribution in [2.75, 3.05) is 13.2 Å². The number of rotatable bonds is 22. The van der Waals surface area contributed by atoms with E-state index in [1.807, 2.05) is 158 Å². The molecule has 360 valence electrons. The van der Waals surface area contributed by atoms with Gasteiger partial charge in [0.05, 0.1) is 45.2 Å². The maximum atomic E-state index is 13.4. The summed E-state index contributed by atoms with van der Waals surface area (Å²) in [5.74, 6) is -0.930. The van der Waals surface area contributed by atoms with Crippen molar-refractivity contribution in [2.45, 2.75) is 101 Å². The van der Waals surface area contributed by atoms with Crippen LogP contribution >= 0.6 is 0 Å². The number of carbonyl (C=O) groups excluding carboxylic acids is 2. The maximum absolute atomic E-state index is 13.4. The van der Waals surface area contributed by atoms with E-state index < -0.39 is 67.3 Å². The standard InChI is InChI=1S/C56H59NO12/c1-39(58)57-48-51(63-34-42-24-12-4-13-25-42)49(61-32-40-20-8-2-9-21-40)47(37-66-54(59)45-30-18-7-19-31-45)69-56(48)67-38-46-50(62-33-41-22-10-3-11-23-41)52(64-35-43-26-14-5-15-27-43)53(55(60)68-46)65-36-44-28-16-6-17-29-44/h2-31,46-53,55-56,60H,32-38H2,1H3,(H,57,58). The smallest absolute Gasteiger partial charge is 0.338 e. The van der Waals surface area contributed by atoms with E-state index >= 15 is 0 Å². The van der Waals surface area contributed by atoms with Crippen LogP contribution in [0.5, 0.6) is 0 Å². The molecule has 2 fully saturated rings. The molecule has 1 amide bonds. The van der Waals surface area contributed by atoms with Gasteiger partial charge in [-0.05, 0) is 39.9 Å². The normalized spacial score (nSPS) is 24.6. The molecule has 2 aliphatic heterocycles. The van der Waals surface area contributed by atoms with Gasteiger partial charge >= 0.3 is 5.97 Å². The Morgan fingerprint density at radius 2 is 0.812 bits per heavy atom. The molecule has 8 rings (SSSR count). The number of esters is 1. The van der Waals surface area contributed by atoms with E-state index in [1.165, 1.54) is 6.92 Å². The van der Waals surface area contributed by atoms with E-state index in [0.717, 1.165) is 27.8 Å². The molecular weight excluding hydrogens is 879 g/mol. The first-order valence-corrected chi connectivity index (χ1v) is 23.3. The minimum Gasteiger partial charge on any atom is -0.459 e. The van der Waals surface area contributed by atoms with Crippen LogP contribution in [-0.4, -0.2) is 91.5 Å². The molecule has 0 spiro atoms. The van der Waals surface area contributed by atoms with Gasteiger partial charge in [-0.3, -0.25) is 4.79 Å². The highest BCUT2D eigenvalue weighted by Crippen LogP contribution is 2.33. The molecule has 0 aromatic heterocycles. The lowest BCUT2D eigenvalue weighted by molar-refractivity contribution is -0.332. The molecule has 6 aromatic rings. The first kappa shape index (κ1) is 49.3. The zero-order valence-corrected chi connectivity index (χ0v) is 38.5. The van der Waals surface area contributed by atoms with E-state index in [1.54, 1.807) is 24.3 Å². The van der Waals surface area contributed by atoms with Gasteiger partial charge < -0.3 is 53.1 Å². The van der Waals surface area contributed by atoms with Crippen LogP contribution in [0, 0.1) is 0 Å². The van der Waals surface area contributed by atoms with Crippen LogP contribution in [0.15, 0.2) is 182 Å². The molecule has 6 aromatic carbocycles. The molecule has 13 heteroatoms. The number of ether oxygens (including phenoxy) is 9. The molecule has 0 radical (unpaired) electrons. The minimum absolute atomic E-state index is 0.147. The monoisotopic (exact) mass is 937 g/mol. The Balaban J connectivity index is 1.11. The van der Waals surface area contributed by atoms with Gasteiger partial charge in [0, 0.05) is 6.92 Å². The van der Waals surface area contributed by atoms with Gasteiger partial charge in [-0.2, -0.15) is 0 Å². The van der Waals surface area contributed by atoms with Gasteiger partial charge in [0.1, 0.15) is 55.4 Å². The van der Waals surface area contributed by atoms with Gasteiger partial charge in [0.15, 0.2) is 12.6 Å².